The molecule has 1 aliphatic heterocycles. The van der Waals surface area contributed by atoms with Crippen molar-refractivity contribution in [1.82, 2.24) is 5.32 Å². The number of rotatable bonds is 9. The first-order valence-corrected chi connectivity index (χ1v) is 11.5. The van der Waals surface area contributed by atoms with E-state index in [1.165, 1.54) is 6.08 Å². The van der Waals surface area contributed by atoms with Crippen LogP contribution in [-0.2, 0) is 9.53 Å². The summed E-state index contributed by atoms with van der Waals surface area (Å²) in [6, 6.07) is 7.57. The van der Waals surface area contributed by atoms with Gasteiger partial charge >= 0.3 is 5.97 Å². The van der Waals surface area contributed by atoms with Crippen LogP contribution in [0.25, 0.3) is 0 Å². The summed E-state index contributed by atoms with van der Waals surface area (Å²) >= 11 is 0. The zero-order chi connectivity index (χ0) is 24.9. The van der Waals surface area contributed by atoms with Gasteiger partial charge in [-0.3, -0.25) is 9.79 Å². The molecule has 1 aliphatic carbocycles. The maximum Gasteiger partial charge on any atom is 0.303 e. The number of hydrogen-bond acceptors (Lipinski definition) is 6. The summed E-state index contributed by atoms with van der Waals surface area (Å²) in [7, 11) is 1.60. The van der Waals surface area contributed by atoms with Crippen molar-refractivity contribution in [2.24, 2.45) is 16.3 Å². The highest BCUT2D eigenvalue weighted by atomic mass is 19.1. The lowest BCUT2D eigenvalue weighted by molar-refractivity contribution is -0.137. The molecule has 1 aromatic carbocycles. The molecule has 0 amide bonds. The van der Waals surface area contributed by atoms with Crippen molar-refractivity contribution in [2.45, 2.75) is 52.2 Å². The Balaban J connectivity index is 1.78. The number of nitrogens with one attached hydrogen (secondary N) is 1. The molecular formula is C26H32FN3O4. The van der Waals surface area contributed by atoms with Crippen molar-refractivity contribution in [3.05, 3.63) is 52.9 Å². The largest absolute Gasteiger partial charge is 0.490 e. The Labute approximate surface area is 200 Å². The standard InChI is InChI=1S/C26H32FN3O4/c1-16(2)34-22-8-7-17(10-18(22)13-28)25-29-14-19(15-30-25)21-11-20(27)12-26(3,24(21)33-4)9-5-6-23(31)32/h7-8,10-12,16,19,24H,5-6,9,14-15H2,1-4H3,(H,29,30)(H,31,32). The van der Waals surface area contributed by atoms with Crippen LogP contribution in [0.2, 0.25) is 0 Å². The first kappa shape index (κ1) is 25.4. The molecule has 7 nitrogen and oxygen atoms in total. The van der Waals surface area contributed by atoms with Crippen molar-refractivity contribution in [3.63, 3.8) is 0 Å². The molecule has 34 heavy (non-hydrogen) atoms. The van der Waals surface area contributed by atoms with Crippen molar-refractivity contribution >= 4 is 11.8 Å². The Morgan fingerprint density at radius 3 is 2.79 bits per heavy atom. The molecule has 3 unspecified atom stereocenters. The van der Waals surface area contributed by atoms with Crippen molar-refractivity contribution < 1.29 is 23.8 Å². The lowest BCUT2D eigenvalue weighted by Gasteiger charge is -2.41. The number of carboxylic acid groups (broad SMARTS) is 1. The number of amidine groups is 1. The van der Waals surface area contributed by atoms with E-state index in [1.54, 1.807) is 25.3 Å². The molecule has 0 spiro atoms. The van der Waals surface area contributed by atoms with Crippen LogP contribution in [-0.4, -0.2) is 49.3 Å². The van der Waals surface area contributed by atoms with Crippen LogP contribution in [0.5, 0.6) is 5.75 Å². The lowest BCUT2D eigenvalue weighted by atomic mass is 9.70. The van der Waals surface area contributed by atoms with Crippen LogP contribution in [0.4, 0.5) is 4.39 Å². The average Bonchev–Trinajstić information content (AvgIpc) is 2.78. The van der Waals surface area contributed by atoms with Gasteiger partial charge in [0.15, 0.2) is 0 Å². The first-order valence-electron chi connectivity index (χ1n) is 11.5. The number of carboxylic acids is 1. The Bertz CT molecular complexity index is 1060. The average molecular weight is 470 g/mol. The minimum absolute atomic E-state index is 0.0326. The van der Waals surface area contributed by atoms with E-state index in [1.807, 2.05) is 26.8 Å². The molecule has 2 aliphatic rings. The summed E-state index contributed by atoms with van der Waals surface area (Å²) in [5.74, 6) is -0.0683. The number of aliphatic imine (C=N–C) groups is 1. The molecule has 0 radical (unpaired) electrons. The van der Waals surface area contributed by atoms with Gasteiger partial charge in [-0.15, -0.1) is 0 Å². The normalized spacial score (nSPS) is 24.4. The van der Waals surface area contributed by atoms with Gasteiger partial charge in [0.05, 0.1) is 17.8 Å². The van der Waals surface area contributed by atoms with Crippen LogP contribution in [0, 0.1) is 22.7 Å². The van der Waals surface area contributed by atoms with E-state index >= 15 is 0 Å². The van der Waals surface area contributed by atoms with Gasteiger partial charge < -0.3 is 19.9 Å². The molecule has 0 aromatic heterocycles. The first-order chi connectivity index (χ1) is 16.2. The number of halogens is 1. The molecule has 0 fully saturated rings. The summed E-state index contributed by atoms with van der Waals surface area (Å²) in [6.07, 6.45) is 3.62. The number of allylic oxidation sites excluding steroid dienone is 2. The summed E-state index contributed by atoms with van der Waals surface area (Å²) in [5.41, 5.74) is 1.40. The Morgan fingerprint density at radius 2 is 2.21 bits per heavy atom. The van der Waals surface area contributed by atoms with Crippen LogP contribution >= 0.6 is 0 Å². The number of aliphatic carboxylic acids is 1. The summed E-state index contributed by atoms with van der Waals surface area (Å²) in [6.45, 7) is 6.70. The fraction of sp³-hybridized carbons (Fsp3) is 0.500. The van der Waals surface area contributed by atoms with Crippen molar-refractivity contribution in [1.29, 1.82) is 5.26 Å². The van der Waals surface area contributed by atoms with E-state index in [4.69, 9.17) is 14.6 Å². The monoisotopic (exact) mass is 469 g/mol. The lowest BCUT2D eigenvalue weighted by Crippen LogP contribution is -2.44. The molecule has 0 saturated heterocycles. The topological polar surface area (TPSA) is 104 Å². The van der Waals surface area contributed by atoms with E-state index in [0.29, 0.717) is 43.1 Å². The molecule has 3 atom stereocenters. The van der Waals surface area contributed by atoms with Crippen LogP contribution in [0.15, 0.2) is 46.7 Å². The van der Waals surface area contributed by atoms with Gasteiger partial charge in [0.25, 0.3) is 0 Å². The van der Waals surface area contributed by atoms with E-state index in [-0.39, 0.29) is 30.4 Å². The number of nitrogens with zero attached hydrogens (tertiary/aromatic N) is 2. The number of benzene rings is 1. The quantitative estimate of drug-likeness (QED) is 0.556. The molecule has 3 rings (SSSR count). The van der Waals surface area contributed by atoms with E-state index in [2.05, 4.69) is 16.4 Å². The van der Waals surface area contributed by atoms with Crippen molar-refractivity contribution in [3.8, 4) is 11.8 Å². The Morgan fingerprint density at radius 1 is 1.44 bits per heavy atom. The second-order valence-electron chi connectivity index (χ2n) is 9.30. The molecule has 0 saturated carbocycles. The Hall–Kier alpha value is -3.18. The van der Waals surface area contributed by atoms with E-state index < -0.39 is 11.4 Å². The zero-order valence-electron chi connectivity index (χ0n) is 20.1. The fourth-order valence-electron chi connectivity index (χ4n) is 4.69. The highest BCUT2D eigenvalue weighted by molar-refractivity contribution is 5.99. The van der Waals surface area contributed by atoms with Gasteiger partial charge in [-0.25, -0.2) is 4.39 Å². The second kappa shape index (κ2) is 10.8. The van der Waals surface area contributed by atoms with Crippen LogP contribution in [0.1, 0.15) is 51.2 Å². The molecule has 1 aromatic rings. The third kappa shape index (κ3) is 5.84. The number of nitriles is 1. The predicted octanol–water partition coefficient (Wildman–Crippen LogP) is 4.38. The third-order valence-electron chi connectivity index (χ3n) is 6.21. The summed E-state index contributed by atoms with van der Waals surface area (Å²) < 4.78 is 26.2. The summed E-state index contributed by atoms with van der Waals surface area (Å²) in [4.78, 5) is 15.6. The van der Waals surface area contributed by atoms with Gasteiger partial charge in [-0.1, -0.05) is 6.92 Å². The second-order valence-corrected chi connectivity index (χ2v) is 9.30. The number of carbonyl (C=O) groups is 1. The third-order valence-corrected chi connectivity index (χ3v) is 6.21. The minimum atomic E-state index is -0.865. The molecular weight excluding hydrogens is 437 g/mol. The van der Waals surface area contributed by atoms with Crippen LogP contribution in [0.3, 0.4) is 0 Å². The molecule has 182 valence electrons. The Kier molecular flexibility index (Phi) is 8.11. The van der Waals surface area contributed by atoms with Gasteiger partial charge in [0.2, 0.25) is 0 Å². The highest BCUT2D eigenvalue weighted by Crippen LogP contribution is 2.43. The minimum Gasteiger partial charge on any atom is -0.490 e. The number of methoxy groups -OCH3 is 1. The zero-order valence-corrected chi connectivity index (χ0v) is 20.1. The molecule has 1 heterocycles. The maximum absolute atomic E-state index is 14.6. The van der Waals surface area contributed by atoms with Crippen LogP contribution < -0.4 is 10.1 Å². The SMILES string of the molecule is COC1C(C2CN=C(c3ccc(OC(C)C)c(C#N)c3)NC2)=CC(F)=CC1(C)CCCC(=O)O. The predicted molar refractivity (Wildman–Crippen MR) is 127 cm³/mol. The van der Waals surface area contributed by atoms with E-state index in [0.717, 1.165) is 11.1 Å². The maximum atomic E-state index is 14.6. The number of ether oxygens (including phenoxy) is 2. The fourth-order valence-corrected chi connectivity index (χ4v) is 4.69. The van der Waals surface area contributed by atoms with Gasteiger partial charge in [-0.2, -0.15) is 5.26 Å². The van der Waals surface area contributed by atoms with Gasteiger partial charge in [-0.05, 0) is 62.6 Å². The van der Waals surface area contributed by atoms with Crippen molar-refractivity contribution in [2.75, 3.05) is 20.2 Å². The van der Waals surface area contributed by atoms with E-state index in [9.17, 15) is 14.4 Å². The van der Waals surface area contributed by atoms with Gasteiger partial charge in [0.1, 0.15) is 23.5 Å². The molecule has 8 heteroatoms. The smallest absolute Gasteiger partial charge is 0.303 e. The molecule has 2 N–H and O–H groups in total. The van der Waals surface area contributed by atoms with Gasteiger partial charge in [0, 0.05) is 43.5 Å². The molecule has 0 bridgehead atoms. The summed E-state index contributed by atoms with van der Waals surface area (Å²) in [5, 5.41) is 21.8. The number of hydrogen-bond donors (Lipinski definition) is 2. The highest BCUT2D eigenvalue weighted by Gasteiger charge is 2.41.